The van der Waals surface area contributed by atoms with Gasteiger partial charge in [-0.25, -0.2) is 4.98 Å². The van der Waals surface area contributed by atoms with Crippen LogP contribution < -0.4 is 10.2 Å². The summed E-state index contributed by atoms with van der Waals surface area (Å²) in [7, 11) is 0. The maximum Gasteiger partial charge on any atom is 0.255 e. The Kier molecular flexibility index (Phi) is 4.63. The lowest BCUT2D eigenvalue weighted by atomic mass is 10.1. The highest BCUT2D eigenvalue weighted by Gasteiger charge is 2.26. The fourth-order valence-electron chi connectivity index (χ4n) is 2.77. The molecule has 1 atom stereocenters. The number of hydrogen-bond donors (Lipinski definition) is 2. The SMILES string of the molecule is CC(O)(CNC(=O)c1cccnc1N1CCCC1)c1cccs1. The van der Waals surface area contributed by atoms with Gasteiger partial charge in [0, 0.05) is 24.2 Å². The minimum atomic E-state index is -1.07. The Hall–Kier alpha value is -1.92. The van der Waals surface area contributed by atoms with Crippen LogP contribution in [-0.4, -0.2) is 35.6 Å². The van der Waals surface area contributed by atoms with Crippen molar-refractivity contribution in [2.24, 2.45) is 0 Å². The summed E-state index contributed by atoms with van der Waals surface area (Å²) in [6, 6.07) is 7.32. The Morgan fingerprint density at radius 2 is 2.17 bits per heavy atom. The molecular formula is C17H21N3O2S. The van der Waals surface area contributed by atoms with Crippen LogP contribution in [-0.2, 0) is 5.60 Å². The van der Waals surface area contributed by atoms with E-state index in [2.05, 4.69) is 15.2 Å². The maximum atomic E-state index is 12.6. The smallest absolute Gasteiger partial charge is 0.255 e. The van der Waals surface area contributed by atoms with Gasteiger partial charge in [-0.2, -0.15) is 0 Å². The topological polar surface area (TPSA) is 65.5 Å². The summed E-state index contributed by atoms with van der Waals surface area (Å²) in [5, 5.41) is 15.3. The van der Waals surface area contributed by atoms with Crippen molar-refractivity contribution in [2.45, 2.75) is 25.4 Å². The molecule has 1 unspecified atom stereocenters. The van der Waals surface area contributed by atoms with Crippen molar-refractivity contribution in [1.82, 2.24) is 10.3 Å². The second kappa shape index (κ2) is 6.68. The Bertz CT molecular complexity index is 664. The van der Waals surface area contributed by atoms with Gasteiger partial charge in [-0.1, -0.05) is 6.07 Å². The molecule has 0 aromatic carbocycles. The third kappa shape index (κ3) is 3.54. The van der Waals surface area contributed by atoms with Crippen LogP contribution in [0.4, 0.5) is 5.82 Å². The van der Waals surface area contributed by atoms with Gasteiger partial charge >= 0.3 is 0 Å². The fourth-order valence-corrected chi connectivity index (χ4v) is 3.56. The molecule has 1 fully saturated rings. The predicted molar refractivity (Wildman–Crippen MR) is 91.9 cm³/mol. The first kappa shape index (κ1) is 16.0. The van der Waals surface area contributed by atoms with Gasteiger partial charge in [-0.05, 0) is 43.3 Å². The standard InChI is InChI=1S/C17H21N3O2S/c1-17(22,14-7-5-11-23-14)12-19-16(21)13-6-4-8-18-15(13)20-9-2-3-10-20/h4-8,11,22H,2-3,9-10,12H2,1H3,(H,19,21). The number of anilines is 1. The molecule has 122 valence electrons. The number of amides is 1. The molecule has 0 radical (unpaired) electrons. The van der Waals surface area contributed by atoms with E-state index in [-0.39, 0.29) is 12.5 Å². The molecule has 1 amide bonds. The Morgan fingerprint density at radius 3 is 2.87 bits per heavy atom. The predicted octanol–water partition coefficient (Wildman–Crippen LogP) is 2.38. The van der Waals surface area contributed by atoms with Gasteiger partial charge in [0.25, 0.3) is 5.91 Å². The number of nitrogens with one attached hydrogen (secondary N) is 1. The number of nitrogens with zero attached hydrogens (tertiary/aromatic N) is 2. The highest BCUT2D eigenvalue weighted by molar-refractivity contribution is 7.10. The van der Waals surface area contributed by atoms with Crippen molar-refractivity contribution < 1.29 is 9.90 Å². The van der Waals surface area contributed by atoms with Crippen molar-refractivity contribution in [2.75, 3.05) is 24.5 Å². The van der Waals surface area contributed by atoms with E-state index in [0.29, 0.717) is 5.56 Å². The number of carbonyl (C=O) groups is 1. The first-order chi connectivity index (χ1) is 11.1. The van der Waals surface area contributed by atoms with E-state index in [0.717, 1.165) is 36.6 Å². The van der Waals surface area contributed by atoms with Crippen molar-refractivity contribution >= 4 is 23.1 Å². The van der Waals surface area contributed by atoms with E-state index >= 15 is 0 Å². The summed E-state index contributed by atoms with van der Waals surface area (Å²) in [5.74, 6) is 0.537. The van der Waals surface area contributed by atoms with E-state index in [9.17, 15) is 9.90 Å². The fraction of sp³-hybridized carbons (Fsp3) is 0.412. The molecule has 5 nitrogen and oxygen atoms in total. The number of aromatic nitrogens is 1. The molecule has 1 aliphatic heterocycles. The zero-order valence-corrected chi connectivity index (χ0v) is 14.0. The van der Waals surface area contributed by atoms with E-state index < -0.39 is 5.60 Å². The molecule has 3 rings (SSSR count). The van der Waals surface area contributed by atoms with E-state index in [1.54, 1.807) is 25.3 Å². The molecule has 0 aliphatic carbocycles. The minimum absolute atomic E-state index is 0.167. The highest BCUT2D eigenvalue weighted by atomic mass is 32.1. The summed E-state index contributed by atoms with van der Waals surface area (Å²) in [6.45, 7) is 3.75. The normalized spacial score (nSPS) is 17.0. The number of hydrogen-bond acceptors (Lipinski definition) is 5. The maximum absolute atomic E-state index is 12.6. The average molecular weight is 331 g/mol. The first-order valence-electron chi connectivity index (χ1n) is 7.82. The Balaban J connectivity index is 1.71. The van der Waals surface area contributed by atoms with Gasteiger partial charge in [-0.15, -0.1) is 11.3 Å². The quantitative estimate of drug-likeness (QED) is 0.883. The monoisotopic (exact) mass is 331 g/mol. The molecule has 2 aromatic rings. The molecule has 1 aliphatic rings. The average Bonchev–Trinajstić information content (AvgIpc) is 3.25. The van der Waals surface area contributed by atoms with Gasteiger partial charge in [0.05, 0.1) is 12.1 Å². The molecule has 0 spiro atoms. The number of pyridine rings is 1. The first-order valence-corrected chi connectivity index (χ1v) is 8.70. The number of aliphatic hydroxyl groups is 1. The molecule has 1 saturated heterocycles. The van der Waals surface area contributed by atoms with Crippen LogP contribution in [0, 0.1) is 0 Å². The Labute approximate surface area is 140 Å². The molecule has 23 heavy (non-hydrogen) atoms. The van der Waals surface area contributed by atoms with Crippen LogP contribution in [0.15, 0.2) is 35.8 Å². The van der Waals surface area contributed by atoms with E-state index in [1.807, 2.05) is 17.5 Å². The zero-order chi connectivity index (χ0) is 16.3. The van der Waals surface area contributed by atoms with E-state index in [1.165, 1.54) is 11.3 Å². The second-order valence-corrected chi connectivity index (χ2v) is 6.95. The second-order valence-electron chi connectivity index (χ2n) is 6.00. The number of thiophene rings is 1. The molecule has 2 aromatic heterocycles. The third-order valence-corrected chi connectivity index (χ3v) is 5.21. The summed E-state index contributed by atoms with van der Waals surface area (Å²) in [4.78, 5) is 19.9. The van der Waals surface area contributed by atoms with E-state index in [4.69, 9.17) is 0 Å². The summed E-state index contributed by atoms with van der Waals surface area (Å²) in [6.07, 6.45) is 3.97. The van der Waals surface area contributed by atoms with Crippen LogP contribution in [0.5, 0.6) is 0 Å². The van der Waals surface area contributed by atoms with Crippen LogP contribution in [0.3, 0.4) is 0 Å². The van der Waals surface area contributed by atoms with Gasteiger partial charge in [0.15, 0.2) is 0 Å². The van der Waals surface area contributed by atoms with Crippen LogP contribution in [0.25, 0.3) is 0 Å². The molecular weight excluding hydrogens is 310 g/mol. The van der Waals surface area contributed by atoms with Gasteiger partial charge < -0.3 is 15.3 Å². The molecule has 6 heteroatoms. The Morgan fingerprint density at radius 1 is 1.39 bits per heavy atom. The van der Waals surface area contributed by atoms with Crippen LogP contribution in [0.2, 0.25) is 0 Å². The lowest BCUT2D eigenvalue weighted by molar-refractivity contribution is 0.0557. The summed E-state index contributed by atoms with van der Waals surface area (Å²) >= 11 is 1.48. The van der Waals surface area contributed by atoms with Crippen LogP contribution >= 0.6 is 11.3 Å². The van der Waals surface area contributed by atoms with Crippen molar-refractivity contribution in [3.05, 3.63) is 46.3 Å². The lowest BCUT2D eigenvalue weighted by Crippen LogP contribution is -2.38. The lowest BCUT2D eigenvalue weighted by Gasteiger charge is -2.23. The molecule has 0 saturated carbocycles. The molecule has 3 heterocycles. The van der Waals surface area contributed by atoms with Gasteiger partial charge in [0.1, 0.15) is 11.4 Å². The highest BCUT2D eigenvalue weighted by Crippen LogP contribution is 2.25. The zero-order valence-electron chi connectivity index (χ0n) is 13.2. The molecule has 0 bridgehead atoms. The largest absolute Gasteiger partial charge is 0.383 e. The third-order valence-electron chi connectivity index (χ3n) is 4.08. The molecule has 2 N–H and O–H groups in total. The van der Waals surface area contributed by atoms with Crippen molar-refractivity contribution in [1.29, 1.82) is 0 Å². The van der Waals surface area contributed by atoms with Gasteiger partial charge in [0.2, 0.25) is 0 Å². The minimum Gasteiger partial charge on any atom is -0.383 e. The van der Waals surface area contributed by atoms with Crippen molar-refractivity contribution in [3.8, 4) is 0 Å². The van der Waals surface area contributed by atoms with Gasteiger partial charge in [-0.3, -0.25) is 4.79 Å². The number of rotatable bonds is 5. The summed E-state index contributed by atoms with van der Waals surface area (Å²) < 4.78 is 0. The summed E-state index contributed by atoms with van der Waals surface area (Å²) in [5.41, 5.74) is -0.504. The van der Waals surface area contributed by atoms with Crippen LogP contribution in [0.1, 0.15) is 35.0 Å². The van der Waals surface area contributed by atoms with Crippen molar-refractivity contribution in [3.63, 3.8) is 0 Å². The number of carbonyl (C=O) groups excluding carboxylic acids is 1.